The minimum Gasteiger partial charge on any atom is -0.348 e. The van der Waals surface area contributed by atoms with E-state index in [9.17, 15) is 9.59 Å². The number of halogens is 2. The highest BCUT2D eigenvalue weighted by molar-refractivity contribution is 6.33. The number of nitrogens with zero attached hydrogens (tertiary/aromatic N) is 5. The largest absolute Gasteiger partial charge is 0.348 e. The van der Waals surface area contributed by atoms with Gasteiger partial charge in [0.1, 0.15) is 5.69 Å². The molecule has 1 aliphatic heterocycles. The van der Waals surface area contributed by atoms with Gasteiger partial charge < -0.3 is 14.8 Å². The van der Waals surface area contributed by atoms with E-state index in [2.05, 4.69) is 15.3 Å². The summed E-state index contributed by atoms with van der Waals surface area (Å²) >= 11 is 6.54. The molecule has 8 nitrogen and oxygen atoms in total. The van der Waals surface area contributed by atoms with Gasteiger partial charge in [0, 0.05) is 61.3 Å². The summed E-state index contributed by atoms with van der Waals surface area (Å²) in [5.41, 5.74) is 3.04. The molecule has 0 saturated heterocycles. The first-order chi connectivity index (χ1) is 17.8. The normalized spacial score (nSPS) is 13.6. The predicted octanol–water partition coefficient (Wildman–Crippen LogP) is 4.63. The molecule has 1 N–H and O–H groups in total. The molecule has 190 valence electrons. The standard InChI is InChI=1S/C27H26ClFN6O2/c1-33(2)27(37)23-15-21-20(18-7-3-4-8-22(18)28)14-19(25(29)26(21)31-23)17-6-5-11-34(16-17)24(36)9-12-35-13-10-30-32-35/h3-4,6-8,10,13-15,31H,5,9,11-12,16H2,1-2H3. The zero-order valence-corrected chi connectivity index (χ0v) is 21.3. The number of aromatic nitrogens is 4. The van der Waals surface area contributed by atoms with E-state index in [0.29, 0.717) is 46.6 Å². The second-order valence-electron chi connectivity index (χ2n) is 9.19. The molecule has 0 saturated carbocycles. The van der Waals surface area contributed by atoms with E-state index >= 15 is 4.39 Å². The smallest absolute Gasteiger partial charge is 0.269 e. The Morgan fingerprint density at radius 1 is 1.16 bits per heavy atom. The number of rotatable bonds is 6. The van der Waals surface area contributed by atoms with Gasteiger partial charge in [0.05, 0.1) is 18.3 Å². The summed E-state index contributed by atoms with van der Waals surface area (Å²) in [5, 5.41) is 8.75. The lowest BCUT2D eigenvalue weighted by Gasteiger charge is -2.28. The minimum atomic E-state index is -0.466. The number of fused-ring (bicyclic) bond motifs is 1. The van der Waals surface area contributed by atoms with Crippen LogP contribution >= 0.6 is 11.6 Å². The van der Waals surface area contributed by atoms with Crippen molar-refractivity contribution in [1.29, 1.82) is 0 Å². The summed E-state index contributed by atoms with van der Waals surface area (Å²) in [6.45, 7) is 1.27. The average Bonchev–Trinajstić information content (AvgIpc) is 3.58. The van der Waals surface area contributed by atoms with Crippen LogP contribution in [0.2, 0.25) is 5.02 Å². The quantitative estimate of drug-likeness (QED) is 0.401. The summed E-state index contributed by atoms with van der Waals surface area (Å²) < 4.78 is 17.6. The Labute approximate surface area is 218 Å². The fraction of sp³-hybridized carbons (Fsp3) is 0.259. The number of hydrogen-bond donors (Lipinski definition) is 1. The van der Waals surface area contributed by atoms with E-state index in [1.165, 1.54) is 4.90 Å². The van der Waals surface area contributed by atoms with Crippen molar-refractivity contribution in [2.45, 2.75) is 19.4 Å². The maximum Gasteiger partial charge on any atom is 0.269 e. The molecule has 0 atom stereocenters. The van der Waals surface area contributed by atoms with Crippen LogP contribution in [0.15, 0.2) is 54.9 Å². The van der Waals surface area contributed by atoms with Crippen molar-refractivity contribution in [3.05, 3.63) is 77.0 Å². The summed E-state index contributed by atoms with van der Waals surface area (Å²) in [7, 11) is 3.29. The molecule has 37 heavy (non-hydrogen) atoms. The third kappa shape index (κ3) is 4.86. The Balaban J connectivity index is 1.54. The van der Waals surface area contributed by atoms with Crippen LogP contribution in [0.3, 0.4) is 0 Å². The molecule has 4 aromatic rings. The second kappa shape index (κ2) is 10.2. The van der Waals surface area contributed by atoms with Crippen LogP contribution in [-0.2, 0) is 11.3 Å². The summed E-state index contributed by atoms with van der Waals surface area (Å²) in [6.07, 6.45) is 6.13. The molecule has 2 amide bonds. The van der Waals surface area contributed by atoms with E-state index in [4.69, 9.17) is 11.6 Å². The van der Waals surface area contributed by atoms with Crippen LogP contribution in [0.25, 0.3) is 27.6 Å². The van der Waals surface area contributed by atoms with Crippen molar-refractivity contribution in [3.8, 4) is 11.1 Å². The lowest BCUT2D eigenvalue weighted by atomic mass is 9.93. The van der Waals surface area contributed by atoms with Crippen molar-refractivity contribution < 1.29 is 14.0 Å². The second-order valence-corrected chi connectivity index (χ2v) is 9.59. The fourth-order valence-electron chi connectivity index (χ4n) is 4.62. The molecule has 2 aromatic heterocycles. The molecule has 2 aromatic carbocycles. The van der Waals surface area contributed by atoms with Crippen LogP contribution in [-0.4, -0.2) is 68.8 Å². The van der Waals surface area contributed by atoms with Gasteiger partial charge in [0.25, 0.3) is 5.91 Å². The minimum absolute atomic E-state index is 0.0346. The highest BCUT2D eigenvalue weighted by Crippen LogP contribution is 2.39. The summed E-state index contributed by atoms with van der Waals surface area (Å²) in [5.74, 6) is -0.761. The van der Waals surface area contributed by atoms with Gasteiger partial charge in [-0.2, -0.15) is 0 Å². The molecule has 0 bridgehead atoms. The lowest BCUT2D eigenvalue weighted by molar-refractivity contribution is -0.131. The SMILES string of the molecule is CN(C)C(=O)c1cc2c(-c3ccccc3Cl)cc(C3=CCCN(C(=O)CCn4ccnn4)C3)c(F)c2[nH]1. The highest BCUT2D eigenvalue weighted by Gasteiger charge is 2.25. The van der Waals surface area contributed by atoms with Gasteiger partial charge in [-0.1, -0.05) is 41.1 Å². The van der Waals surface area contributed by atoms with Crippen molar-refractivity contribution in [3.63, 3.8) is 0 Å². The first-order valence-electron chi connectivity index (χ1n) is 12.0. The number of nitrogens with one attached hydrogen (secondary N) is 1. The third-order valence-corrected chi connectivity index (χ3v) is 6.86. The Morgan fingerprint density at radius 2 is 1.97 bits per heavy atom. The van der Waals surface area contributed by atoms with Crippen molar-refractivity contribution in [2.75, 3.05) is 27.2 Å². The predicted molar refractivity (Wildman–Crippen MR) is 141 cm³/mol. The van der Waals surface area contributed by atoms with E-state index in [0.717, 1.165) is 5.56 Å². The Bertz CT molecular complexity index is 1510. The number of benzene rings is 2. The monoisotopic (exact) mass is 520 g/mol. The van der Waals surface area contributed by atoms with Gasteiger partial charge in [-0.25, -0.2) is 4.39 Å². The zero-order valence-electron chi connectivity index (χ0n) is 20.5. The van der Waals surface area contributed by atoms with Crippen LogP contribution < -0.4 is 0 Å². The van der Waals surface area contributed by atoms with Gasteiger partial charge in [0.2, 0.25) is 5.91 Å². The van der Waals surface area contributed by atoms with Crippen LogP contribution in [0.5, 0.6) is 0 Å². The number of hydrogen-bond acceptors (Lipinski definition) is 4. The van der Waals surface area contributed by atoms with E-state index in [-0.39, 0.29) is 36.0 Å². The molecule has 0 aliphatic carbocycles. The van der Waals surface area contributed by atoms with Crippen molar-refractivity contribution in [2.24, 2.45) is 0 Å². The number of carbonyl (C=O) groups is 2. The molecular weight excluding hydrogens is 495 g/mol. The van der Waals surface area contributed by atoms with Crippen LogP contribution in [0, 0.1) is 5.82 Å². The number of H-pyrrole nitrogens is 1. The van der Waals surface area contributed by atoms with Gasteiger partial charge in [-0.05, 0) is 35.8 Å². The van der Waals surface area contributed by atoms with E-state index in [1.807, 2.05) is 24.3 Å². The molecule has 0 spiro atoms. The Morgan fingerprint density at radius 3 is 2.70 bits per heavy atom. The number of aryl methyl sites for hydroxylation is 1. The Hall–Kier alpha value is -3.98. The summed E-state index contributed by atoms with van der Waals surface area (Å²) in [4.78, 5) is 31.8. The van der Waals surface area contributed by atoms with Crippen LogP contribution in [0.4, 0.5) is 4.39 Å². The molecule has 0 fully saturated rings. The van der Waals surface area contributed by atoms with Crippen molar-refractivity contribution >= 4 is 39.9 Å². The number of aromatic amines is 1. The highest BCUT2D eigenvalue weighted by atomic mass is 35.5. The number of carbonyl (C=O) groups excluding carboxylic acids is 2. The fourth-order valence-corrected chi connectivity index (χ4v) is 4.86. The van der Waals surface area contributed by atoms with E-state index in [1.54, 1.807) is 54.3 Å². The van der Waals surface area contributed by atoms with Crippen LogP contribution in [0.1, 0.15) is 28.9 Å². The van der Waals surface area contributed by atoms with Gasteiger partial charge >= 0.3 is 0 Å². The van der Waals surface area contributed by atoms with E-state index < -0.39 is 5.82 Å². The molecule has 0 radical (unpaired) electrons. The summed E-state index contributed by atoms with van der Waals surface area (Å²) in [6, 6.07) is 10.8. The molecule has 10 heteroatoms. The van der Waals surface area contributed by atoms with Gasteiger partial charge in [-0.3, -0.25) is 14.3 Å². The number of amides is 2. The molecule has 0 unspecified atom stereocenters. The third-order valence-electron chi connectivity index (χ3n) is 6.53. The zero-order chi connectivity index (χ0) is 26.1. The molecule has 1 aliphatic rings. The molecule has 3 heterocycles. The topological polar surface area (TPSA) is 87.1 Å². The maximum atomic E-state index is 16.0. The Kier molecular flexibility index (Phi) is 6.80. The maximum absolute atomic E-state index is 16.0. The lowest BCUT2D eigenvalue weighted by Crippen LogP contribution is -2.36. The molecular formula is C27H26ClFN6O2. The first kappa shape index (κ1) is 24.7. The van der Waals surface area contributed by atoms with Crippen molar-refractivity contribution in [1.82, 2.24) is 29.8 Å². The first-order valence-corrected chi connectivity index (χ1v) is 12.3. The average molecular weight is 521 g/mol. The van der Waals surface area contributed by atoms with Gasteiger partial charge in [-0.15, -0.1) is 5.10 Å². The molecule has 5 rings (SSSR count). The van der Waals surface area contributed by atoms with Gasteiger partial charge in [0.15, 0.2) is 5.82 Å².